The summed E-state index contributed by atoms with van der Waals surface area (Å²) in [6, 6.07) is 16.6. The first kappa shape index (κ1) is 28.1. The van der Waals surface area contributed by atoms with Crippen LogP contribution in [0.25, 0.3) is 6.08 Å². The Hall–Kier alpha value is -4.43. The first-order valence-corrected chi connectivity index (χ1v) is 14.4. The Balaban J connectivity index is 1.29. The highest BCUT2D eigenvalue weighted by atomic mass is 32.2. The molecule has 3 atom stereocenters. The van der Waals surface area contributed by atoms with E-state index >= 15 is 0 Å². The fraction of sp³-hybridized carbons (Fsp3) is 0.222. The summed E-state index contributed by atoms with van der Waals surface area (Å²) in [5.74, 6) is -2.60. The van der Waals surface area contributed by atoms with Gasteiger partial charge in [-0.1, -0.05) is 72.4 Å². The van der Waals surface area contributed by atoms with Crippen molar-refractivity contribution < 1.29 is 29.0 Å². The van der Waals surface area contributed by atoms with E-state index in [0.717, 1.165) is 5.56 Å². The number of β-lactam (4-membered cyclic amide) rings is 1. The highest BCUT2D eigenvalue weighted by molar-refractivity contribution is 8.01. The van der Waals surface area contributed by atoms with Crippen LogP contribution in [0.15, 0.2) is 83.2 Å². The molecule has 0 spiro atoms. The van der Waals surface area contributed by atoms with Crippen molar-refractivity contribution in [2.75, 3.05) is 11.5 Å². The van der Waals surface area contributed by atoms with Crippen molar-refractivity contribution in [3.8, 4) is 0 Å². The van der Waals surface area contributed by atoms with Crippen LogP contribution in [0, 0.1) is 0 Å². The zero-order valence-corrected chi connectivity index (χ0v) is 23.2. The van der Waals surface area contributed by atoms with Gasteiger partial charge in [-0.2, -0.15) is 0 Å². The fourth-order valence-corrected chi connectivity index (χ4v) is 6.64. The van der Waals surface area contributed by atoms with Gasteiger partial charge in [-0.3, -0.25) is 14.5 Å². The van der Waals surface area contributed by atoms with Gasteiger partial charge in [-0.25, -0.2) is 14.3 Å². The Morgan fingerprint density at radius 2 is 1.88 bits per heavy atom. The monoisotopic (exact) mass is 592 g/mol. The first-order chi connectivity index (χ1) is 19.8. The predicted molar refractivity (Wildman–Crippen MR) is 150 cm³/mol. The second-order valence-electron chi connectivity index (χ2n) is 9.00. The smallest absolute Gasteiger partial charge is 0.352 e. The summed E-state index contributed by atoms with van der Waals surface area (Å²) in [5, 5.41) is 23.7. The van der Waals surface area contributed by atoms with Gasteiger partial charge in [0.1, 0.15) is 17.1 Å². The van der Waals surface area contributed by atoms with E-state index in [9.17, 15) is 24.3 Å². The zero-order chi connectivity index (χ0) is 28.9. The minimum absolute atomic E-state index is 0.107. The normalized spacial score (nSPS) is 19.0. The molecule has 1 aromatic heterocycles. The second kappa shape index (κ2) is 12.4. The lowest BCUT2D eigenvalue weighted by molar-refractivity contribution is -0.156. The van der Waals surface area contributed by atoms with Gasteiger partial charge in [0, 0.05) is 30.2 Å². The molecule has 0 saturated carbocycles. The van der Waals surface area contributed by atoms with Gasteiger partial charge in [0.25, 0.3) is 11.8 Å². The van der Waals surface area contributed by atoms with Crippen molar-refractivity contribution in [1.82, 2.24) is 30.4 Å². The van der Waals surface area contributed by atoms with Crippen molar-refractivity contribution >= 4 is 53.4 Å². The molecule has 0 radical (unpaired) electrons. The number of aromatic nitrogens is 4. The quantitative estimate of drug-likeness (QED) is 0.154. The van der Waals surface area contributed by atoms with E-state index in [0.29, 0.717) is 22.0 Å². The number of carboxylic acids is 1. The molecule has 1 saturated heterocycles. The maximum atomic E-state index is 13.4. The van der Waals surface area contributed by atoms with Gasteiger partial charge in [-0.15, -0.1) is 16.9 Å². The number of thioether (sulfide) groups is 2. The number of fused-ring (bicyclic) bond motifs is 1. The summed E-state index contributed by atoms with van der Waals surface area (Å²) in [6.45, 7) is 0. The average Bonchev–Trinajstić information content (AvgIpc) is 3.40. The Labute approximate surface area is 242 Å². The Morgan fingerprint density at radius 1 is 1.17 bits per heavy atom. The standard InChI is InChI=1S/C27H24N6O6S2/c1-32-27(29-30-31-32)41-15-18-14-40-25-20(24(36)33(25)21(18)26(37)38)28-23(35)22(17-10-6-3-7-11-17)39-19(34)13-12-16-8-4-2-5-9-16/h2-13,20,22,25H,14-15H2,1H3,(H,28,35)(H,37,38)/t20?,22?,25-/m0/s1. The average molecular weight is 593 g/mol. The van der Waals surface area contributed by atoms with Crippen LogP contribution in [0.2, 0.25) is 0 Å². The summed E-state index contributed by atoms with van der Waals surface area (Å²) in [7, 11) is 1.67. The van der Waals surface area contributed by atoms with Gasteiger partial charge in [-0.05, 0) is 27.6 Å². The van der Waals surface area contributed by atoms with E-state index in [1.807, 2.05) is 30.3 Å². The van der Waals surface area contributed by atoms with Crippen molar-refractivity contribution in [3.05, 3.63) is 89.1 Å². The summed E-state index contributed by atoms with van der Waals surface area (Å²) >= 11 is 2.60. The van der Waals surface area contributed by atoms with Crippen molar-refractivity contribution in [2.45, 2.75) is 22.7 Å². The minimum Gasteiger partial charge on any atom is -0.477 e. The fourth-order valence-electron chi connectivity index (χ4n) is 4.30. The number of aryl methyl sites for hydroxylation is 1. The molecule has 2 amide bonds. The maximum absolute atomic E-state index is 13.4. The van der Waals surface area contributed by atoms with Crippen LogP contribution in [0.1, 0.15) is 17.2 Å². The van der Waals surface area contributed by atoms with Gasteiger partial charge in [0.05, 0.1) is 0 Å². The topological polar surface area (TPSA) is 157 Å². The number of ether oxygens (including phenoxy) is 1. The number of carbonyl (C=O) groups is 4. The number of nitrogens with zero attached hydrogens (tertiary/aromatic N) is 5. The molecule has 5 rings (SSSR count). The highest BCUT2D eigenvalue weighted by Crippen LogP contribution is 2.41. The van der Waals surface area contributed by atoms with Gasteiger partial charge in [0.2, 0.25) is 11.3 Å². The Morgan fingerprint density at radius 3 is 2.54 bits per heavy atom. The third-order valence-corrected chi connectivity index (χ3v) is 8.73. The zero-order valence-electron chi connectivity index (χ0n) is 21.6. The SMILES string of the molecule is Cn1nnnc1SCC1=C(C(=O)O)N2C(=O)C(NC(=O)C(OC(=O)C=Cc3ccccc3)c3ccccc3)[C@@H]2SC1. The number of esters is 1. The molecule has 2 aliphatic rings. The third kappa shape index (κ3) is 6.18. The predicted octanol–water partition coefficient (Wildman–Crippen LogP) is 2.04. The molecule has 210 valence electrons. The van der Waals surface area contributed by atoms with Crippen LogP contribution in [0.4, 0.5) is 0 Å². The van der Waals surface area contributed by atoms with Crippen LogP contribution in [-0.4, -0.2) is 76.9 Å². The highest BCUT2D eigenvalue weighted by Gasteiger charge is 2.54. The molecule has 2 aromatic carbocycles. The van der Waals surface area contributed by atoms with E-state index < -0.39 is 41.3 Å². The lowest BCUT2D eigenvalue weighted by Crippen LogP contribution is -2.71. The van der Waals surface area contributed by atoms with Crippen LogP contribution in [0.3, 0.4) is 0 Å². The Bertz CT molecular complexity index is 1530. The summed E-state index contributed by atoms with van der Waals surface area (Å²) < 4.78 is 6.99. The lowest BCUT2D eigenvalue weighted by Gasteiger charge is -2.49. The van der Waals surface area contributed by atoms with Crippen LogP contribution in [0.5, 0.6) is 0 Å². The van der Waals surface area contributed by atoms with Gasteiger partial charge >= 0.3 is 11.9 Å². The molecule has 0 aliphatic carbocycles. The van der Waals surface area contributed by atoms with Crippen LogP contribution >= 0.6 is 23.5 Å². The van der Waals surface area contributed by atoms with E-state index in [2.05, 4.69) is 20.8 Å². The molecule has 41 heavy (non-hydrogen) atoms. The number of benzene rings is 2. The molecule has 3 heterocycles. The van der Waals surface area contributed by atoms with Gasteiger partial charge in [0.15, 0.2) is 0 Å². The molecule has 3 aromatic rings. The van der Waals surface area contributed by atoms with Crippen LogP contribution < -0.4 is 5.32 Å². The van der Waals surface area contributed by atoms with Gasteiger partial charge < -0.3 is 15.2 Å². The largest absolute Gasteiger partial charge is 0.477 e. The number of tetrazole rings is 1. The van der Waals surface area contributed by atoms with Crippen molar-refractivity contribution in [1.29, 1.82) is 0 Å². The first-order valence-electron chi connectivity index (χ1n) is 12.4. The molecule has 2 unspecified atom stereocenters. The number of rotatable bonds is 10. The summed E-state index contributed by atoms with van der Waals surface area (Å²) in [4.78, 5) is 52.5. The maximum Gasteiger partial charge on any atom is 0.352 e. The number of amides is 2. The molecular weight excluding hydrogens is 568 g/mol. The summed E-state index contributed by atoms with van der Waals surface area (Å²) in [6.07, 6.45) is 1.48. The Kier molecular flexibility index (Phi) is 8.50. The summed E-state index contributed by atoms with van der Waals surface area (Å²) in [5.41, 5.74) is 1.65. The molecule has 2 N–H and O–H groups in total. The van der Waals surface area contributed by atoms with E-state index in [-0.39, 0.29) is 11.4 Å². The lowest BCUT2D eigenvalue weighted by atomic mass is 10.0. The molecule has 0 bridgehead atoms. The van der Waals surface area contributed by atoms with Crippen LogP contribution in [-0.2, 0) is 31.0 Å². The van der Waals surface area contributed by atoms with E-state index in [1.54, 1.807) is 43.5 Å². The minimum atomic E-state index is -1.32. The van der Waals surface area contributed by atoms with E-state index in [4.69, 9.17) is 4.74 Å². The number of hydrogen-bond donors (Lipinski definition) is 2. The van der Waals surface area contributed by atoms with Crippen molar-refractivity contribution in [2.24, 2.45) is 7.05 Å². The molecular formula is C27H24N6O6S2. The molecule has 14 heteroatoms. The molecule has 2 aliphatic heterocycles. The van der Waals surface area contributed by atoms with E-state index in [1.165, 1.54) is 39.2 Å². The molecule has 1 fully saturated rings. The third-order valence-electron chi connectivity index (χ3n) is 6.29. The number of aliphatic carboxylic acids is 1. The second-order valence-corrected chi connectivity index (χ2v) is 11.0. The molecule has 12 nitrogen and oxygen atoms in total. The number of hydrogen-bond acceptors (Lipinski definition) is 10. The van der Waals surface area contributed by atoms with Crippen molar-refractivity contribution in [3.63, 3.8) is 0 Å². The number of carboxylic acid groups (broad SMARTS) is 1. The number of carbonyl (C=O) groups excluding carboxylic acids is 3. The number of nitrogens with one attached hydrogen (secondary N) is 1.